The van der Waals surface area contributed by atoms with Gasteiger partial charge in [0, 0.05) is 0 Å². The quantitative estimate of drug-likeness (QED) is 0.269. The SMILES string of the molecule is C=CCOCC(=C)C(=O)Oc1ccccc1O. The second kappa shape index (κ2) is 6.50. The molecule has 0 bridgehead atoms. The van der Waals surface area contributed by atoms with E-state index >= 15 is 0 Å². The molecule has 0 unspecified atom stereocenters. The second-order valence-corrected chi connectivity index (χ2v) is 3.26. The van der Waals surface area contributed by atoms with Crippen LogP contribution in [0.1, 0.15) is 0 Å². The fraction of sp³-hybridized carbons (Fsp3) is 0.154. The van der Waals surface area contributed by atoms with Gasteiger partial charge in [0.2, 0.25) is 0 Å². The number of hydrogen-bond acceptors (Lipinski definition) is 4. The fourth-order valence-electron chi connectivity index (χ4n) is 1.04. The predicted molar refractivity (Wildman–Crippen MR) is 63.9 cm³/mol. The first kappa shape index (κ1) is 13.0. The Hall–Kier alpha value is -2.07. The van der Waals surface area contributed by atoms with E-state index in [4.69, 9.17) is 9.47 Å². The highest BCUT2D eigenvalue weighted by atomic mass is 16.5. The molecule has 1 aromatic carbocycles. The number of rotatable bonds is 6. The molecule has 0 atom stereocenters. The first-order chi connectivity index (χ1) is 8.15. The van der Waals surface area contributed by atoms with E-state index in [-0.39, 0.29) is 23.7 Å². The minimum absolute atomic E-state index is 0.0679. The maximum Gasteiger partial charge on any atom is 0.341 e. The monoisotopic (exact) mass is 234 g/mol. The number of para-hydroxylation sites is 2. The van der Waals surface area contributed by atoms with Gasteiger partial charge in [-0.3, -0.25) is 0 Å². The summed E-state index contributed by atoms with van der Waals surface area (Å²) in [7, 11) is 0. The zero-order chi connectivity index (χ0) is 12.7. The topological polar surface area (TPSA) is 55.8 Å². The van der Waals surface area contributed by atoms with Gasteiger partial charge in [-0.1, -0.05) is 24.8 Å². The number of benzene rings is 1. The van der Waals surface area contributed by atoms with Crippen LogP contribution in [-0.4, -0.2) is 24.3 Å². The van der Waals surface area contributed by atoms with Crippen molar-refractivity contribution in [1.29, 1.82) is 0 Å². The van der Waals surface area contributed by atoms with Gasteiger partial charge in [0.15, 0.2) is 11.5 Å². The van der Waals surface area contributed by atoms with Crippen molar-refractivity contribution in [1.82, 2.24) is 0 Å². The van der Waals surface area contributed by atoms with Crippen LogP contribution in [0, 0.1) is 0 Å². The Balaban J connectivity index is 2.52. The van der Waals surface area contributed by atoms with E-state index in [1.54, 1.807) is 18.2 Å². The number of esters is 1. The first-order valence-electron chi connectivity index (χ1n) is 5.01. The molecule has 4 nitrogen and oxygen atoms in total. The molecule has 0 fully saturated rings. The molecule has 0 aromatic heterocycles. The van der Waals surface area contributed by atoms with E-state index in [1.807, 2.05) is 0 Å². The van der Waals surface area contributed by atoms with Crippen molar-refractivity contribution in [3.63, 3.8) is 0 Å². The molecule has 0 heterocycles. The van der Waals surface area contributed by atoms with Crippen LogP contribution in [0.2, 0.25) is 0 Å². The van der Waals surface area contributed by atoms with E-state index < -0.39 is 5.97 Å². The number of carbonyl (C=O) groups excluding carboxylic acids is 1. The molecule has 1 aromatic rings. The minimum Gasteiger partial charge on any atom is -0.504 e. The van der Waals surface area contributed by atoms with Crippen LogP contribution in [0.3, 0.4) is 0 Å². The summed E-state index contributed by atoms with van der Waals surface area (Å²) in [6.07, 6.45) is 1.57. The summed E-state index contributed by atoms with van der Waals surface area (Å²) in [5.74, 6) is -0.626. The summed E-state index contributed by atoms with van der Waals surface area (Å²) >= 11 is 0. The molecule has 4 heteroatoms. The van der Waals surface area contributed by atoms with Gasteiger partial charge < -0.3 is 14.6 Å². The molecular weight excluding hydrogens is 220 g/mol. The number of phenolic OH excluding ortho intramolecular Hbond substituents is 1. The van der Waals surface area contributed by atoms with Gasteiger partial charge in [-0.25, -0.2) is 4.79 Å². The van der Waals surface area contributed by atoms with Crippen molar-refractivity contribution in [3.05, 3.63) is 49.1 Å². The summed E-state index contributed by atoms with van der Waals surface area (Å²) in [5, 5.41) is 9.40. The summed E-state index contributed by atoms with van der Waals surface area (Å²) in [5.41, 5.74) is 0.176. The molecule has 0 radical (unpaired) electrons. The van der Waals surface area contributed by atoms with Crippen molar-refractivity contribution in [2.45, 2.75) is 0 Å². The molecule has 0 spiro atoms. The number of ether oxygens (including phenoxy) is 2. The average Bonchev–Trinajstić information content (AvgIpc) is 2.32. The van der Waals surface area contributed by atoms with E-state index in [0.717, 1.165) is 0 Å². The van der Waals surface area contributed by atoms with Gasteiger partial charge in [0.1, 0.15) is 0 Å². The van der Waals surface area contributed by atoms with Crippen LogP contribution in [0.5, 0.6) is 11.5 Å². The highest BCUT2D eigenvalue weighted by molar-refractivity contribution is 5.90. The van der Waals surface area contributed by atoms with Crippen LogP contribution in [0.4, 0.5) is 0 Å². The Labute approximate surface area is 99.8 Å². The molecule has 17 heavy (non-hydrogen) atoms. The van der Waals surface area contributed by atoms with E-state index in [2.05, 4.69) is 13.2 Å². The summed E-state index contributed by atoms with van der Waals surface area (Å²) in [6, 6.07) is 6.21. The molecule has 0 aliphatic heterocycles. The van der Waals surface area contributed by atoms with Crippen molar-refractivity contribution >= 4 is 5.97 Å². The molecule has 0 amide bonds. The van der Waals surface area contributed by atoms with Gasteiger partial charge in [0.25, 0.3) is 0 Å². The number of phenols is 1. The summed E-state index contributed by atoms with van der Waals surface area (Å²) in [6.45, 7) is 7.42. The third-order valence-electron chi connectivity index (χ3n) is 1.87. The van der Waals surface area contributed by atoms with E-state index in [1.165, 1.54) is 12.1 Å². The largest absolute Gasteiger partial charge is 0.504 e. The lowest BCUT2D eigenvalue weighted by Gasteiger charge is -2.07. The van der Waals surface area contributed by atoms with Gasteiger partial charge >= 0.3 is 5.97 Å². The second-order valence-electron chi connectivity index (χ2n) is 3.26. The maximum absolute atomic E-state index is 11.5. The lowest BCUT2D eigenvalue weighted by atomic mass is 10.3. The van der Waals surface area contributed by atoms with Crippen LogP contribution in [0.15, 0.2) is 49.1 Å². The van der Waals surface area contributed by atoms with Crippen LogP contribution in [0.25, 0.3) is 0 Å². The fourth-order valence-corrected chi connectivity index (χ4v) is 1.04. The van der Waals surface area contributed by atoms with Crippen LogP contribution < -0.4 is 4.74 Å². The molecule has 1 N–H and O–H groups in total. The smallest absolute Gasteiger partial charge is 0.341 e. The molecule has 90 valence electrons. The Morgan fingerprint density at radius 3 is 2.76 bits per heavy atom. The number of aromatic hydroxyl groups is 1. The first-order valence-corrected chi connectivity index (χ1v) is 5.01. The van der Waals surface area contributed by atoms with E-state index in [9.17, 15) is 9.90 Å². The Morgan fingerprint density at radius 1 is 1.41 bits per heavy atom. The Kier molecular flexibility index (Phi) is 4.97. The highest BCUT2D eigenvalue weighted by Gasteiger charge is 2.11. The van der Waals surface area contributed by atoms with Gasteiger partial charge in [-0.05, 0) is 12.1 Å². The van der Waals surface area contributed by atoms with Crippen LogP contribution >= 0.6 is 0 Å². The molecule has 1 rings (SSSR count). The lowest BCUT2D eigenvalue weighted by Crippen LogP contribution is -2.14. The van der Waals surface area contributed by atoms with E-state index in [0.29, 0.717) is 6.61 Å². The van der Waals surface area contributed by atoms with Crippen molar-refractivity contribution in [3.8, 4) is 11.5 Å². The van der Waals surface area contributed by atoms with Crippen LogP contribution in [-0.2, 0) is 9.53 Å². The zero-order valence-electron chi connectivity index (χ0n) is 9.39. The average molecular weight is 234 g/mol. The molecule has 0 saturated carbocycles. The Bertz CT molecular complexity index is 423. The maximum atomic E-state index is 11.5. The van der Waals surface area contributed by atoms with Crippen molar-refractivity contribution in [2.75, 3.05) is 13.2 Å². The molecule has 0 saturated heterocycles. The molecular formula is C13H14O4. The van der Waals surface area contributed by atoms with Gasteiger partial charge in [-0.2, -0.15) is 0 Å². The highest BCUT2D eigenvalue weighted by Crippen LogP contribution is 2.24. The molecule has 0 aliphatic carbocycles. The normalized spacial score (nSPS) is 9.65. The third kappa shape index (κ3) is 4.12. The summed E-state index contributed by atoms with van der Waals surface area (Å²) in [4.78, 5) is 11.5. The summed E-state index contributed by atoms with van der Waals surface area (Å²) < 4.78 is 10.00. The standard InChI is InChI=1S/C13H14O4/c1-3-8-16-9-10(2)13(15)17-12-7-5-4-6-11(12)14/h3-7,14H,1-2,8-9H2. The van der Waals surface area contributed by atoms with Crippen molar-refractivity contribution < 1.29 is 19.4 Å². The minimum atomic E-state index is -0.629. The van der Waals surface area contributed by atoms with Gasteiger partial charge in [0.05, 0.1) is 18.8 Å². The lowest BCUT2D eigenvalue weighted by molar-refractivity contribution is -0.130. The Morgan fingerprint density at radius 2 is 2.12 bits per heavy atom. The van der Waals surface area contributed by atoms with Crippen molar-refractivity contribution in [2.24, 2.45) is 0 Å². The molecule has 0 aliphatic rings. The number of hydrogen-bond donors (Lipinski definition) is 1. The zero-order valence-corrected chi connectivity index (χ0v) is 9.39. The number of carbonyl (C=O) groups is 1. The van der Waals surface area contributed by atoms with Gasteiger partial charge in [-0.15, -0.1) is 6.58 Å². The third-order valence-corrected chi connectivity index (χ3v) is 1.87. The predicted octanol–water partition coefficient (Wildman–Crippen LogP) is 2.06.